The Bertz CT molecular complexity index is 372. The van der Waals surface area contributed by atoms with E-state index in [9.17, 15) is 9.59 Å². The molecule has 1 aliphatic heterocycles. The zero-order valence-corrected chi connectivity index (χ0v) is 13.2. The average Bonchev–Trinajstić information content (AvgIpc) is 2.98. The van der Waals surface area contributed by atoms with Gasteiger partial charge in [0, 0.05) is 32.2 Å². The number of carbonyl (C=O) groups excluding carboxylic acids is 2. The normalized spacial score (nSPS) is 23.9. The van der Waals surface area contributed by atoms with Gasteiger partial charge in [-0.1, -0.05) is 12.8 Å². The van der Waals surface area contributed by atoms with E-state index in [-0.39, 0.29) is 17.9 Å². The van der Waals surface area contributed by atoms with E-state index in [1.807, 2.05) is 6.92 Å². The highest BCUT2D eigenvalue weighted by Crippen LogP contribution is 2.18. The maximum atomic E-state index is 12.3. The summed E-state index contributed by atoms with van der Waals surface area (Å²) >= 11 is 0. The predicted octanol–water partition coefficient (Wildman–Crippen LogP) is -0.0749. The highest BCUT2D eigenvalue weighted by atomic mass is 16.2. The minimum absolute atomic E-state index is 0.00212. The number of piperazine rings is 1. The molecule has 1 aliphatic carbocycles. The van der Waals surface area contributed by atoms with Crippen molar-refractivity contribution >= 4 is 11.8 Å². The smallest absolute Gasteiger partial charge is 0.239 e. The highest BCUT2D eigenvalue weighted by Gasteiger charge is 2.29. The third-order valence-electron chi connectivity index (χ3n) is 4.64. The van der Waals surface area contributed by atoms with E-state index in [1.165, 1.54) is 12.8 Å². The van der Waals surface area contributed by atoms with Crippen molar-refractivity contribution in [2.45, 2.75) is 57.7 Å². The summed E-state index contributed by atoms with van der Waals surface area (Å²) in [6.07, 6.45) is 4.65. The van der Waals surface area contributed by atoms with Gasteiger partial charge in [-0.05, 0) is 26.7 Å². The molecule has 0 aromatic heterocycles. The highest BCUT2D eigenvalue weighted by molar-refractivity contribution is 5.82. The molecule has 0 aromatic rings. The summed E-state index contributed by atoms with van der Waals surface area (Å²) in [7, 11) is 0. The molecule has 1 saturated carbocycles. The van der Waals surface area contributed by atoms with Crippen LogP contribution >= 0.6 is 0 Å². The lowest BCUT2D eigenvalue weighted by Crippen LogP contribution is -2.57. The topological polar surface area (TPSA) is 78.7 Å². The molecule has 0 spiro atoms. The van der Waals surface area contributed by atoms with Crippen molar-refractivity contribution in [1.82, 2.24) is 15.1 Å². The van der Waals surface area contributed by atoms with Crippen LogP contribution in [0.4, 0.5) is 0 Å². The Morgan fingerprint density at radius 1 is 1.10 bits per heavy atom. The Hall–Kier alpha value is -1.14. The van der Waals surface area contributed by atoms with Crippen LogP contribution < -0.4 is 11.1 Å². The quantitative estimate of drug-likeness (QED) is 0.761. The molecular weight excluding hydrogens is 268 g/mol. The van der Waals surface area contributed by atoms with E-state index in [0.29, 0.717) is 19.1 Å². The van der Waals surface area contributed by atoms with Crippen molar-refractivity contribution in [3.8, 4) is 0 Å². The van der Waals surface area contributed by atoms with Crippen LogP contribution in [-0.2, 0) is 9.59 Å². The van der Waals surface area contributed by atoms with Crippen LogP contribution in [0, 0.1) is 0 Å². The summed E-state index contributed by atoms with van der Waals surface area (Å²) in [5.41, 5.74) is 5.63. The number of hydrogen-bond donors (Lipinski definition) is 2. The van der Waals surface area contributed by atoms with Gasteiger partial charge in [0.05, 0.1) is 12.1 Å². The third kappa shape index (κ3) is 4.17. The first-order chi connectivity index (χ1) is 9.99. The van der Waals surface area contributed by atoms with E-state index >= 15 is 0 Å². The Kier molecular flexibility index (Phi) is 5.58. The van der Waals surface area contributed by atoms with Gasteiger partial charge in [-0.3, -0.25) is 14.5 Å². The number of rotatable bonds is 4. The molecule has 3 N–H and O–H groups in total. The Morgan fingerprint density at radius 2 is 1.67 bits per heavy atom. The molecule has 6 heteroatoms. The largest absolute Gasteiger partial charge is 0.352 e. The van der Waals surface area contributed by atoms with Gasteiger partial charge in [0.2, 0.25) is 11.8 Å². The number of nitrogens with two attached hydrogens (primary N) is 1. The van der Waals surface area contributed by atoms with Gasteiger partial charge in [0.15, 0.2) is 0 Å². The molecule has 2 amide bonds. The Balaban J connectivity index is 1.78. The Morgan fingerprint density at radius 3 is 2.19 bits per heavy atom. The first kappa shape index (κ1) is 16.2. The first-order valence-corrected chi connectivity index (χ1v) is 8.08. The van der Waals surface area contributed by atoms with Crippen LogP contribution in [0.3, 0.4) is 0 Å². The van der Waals surface area contributed by atoms with Crippen LogP contribution in [0.25, 0.3) is 0 Å². The Labute approximate surface area is 127 Å². The molecule has 2 fully saturated rings. The van der Waals surface area contributed by atoms with Gasteiger partial charge in [0.1, 0.15) is 0 Å². The molecule has 6 nitrogen and oxygen atoms in total. The fourth-order valence-electron chi connectivity index (χ4n) is 3.18. The van der Waals surface area contributed by atoms with Crippen molar-refractivity contribution < 1.29 is 9.59 Å². The molecule has 120 valence electrons. The number of amides is 2. The van der Waals surface area contributed by atoms with E-state index in [1.54, 1.807) is 11.8 Å². The summed E-state index contributed by atoms with van der Waals surface area (Å²) in [5, 5.41) is 3.15. The molecule has 2 rings (SSSR count). The van der Waals surface area contributed by atoms with Gasteiger partial charge in [-0.2, -0.15) is 0 Å². The summed E-state index contributed by atoms with van der Waals surface area (Å²) in [6.45, 7) is 6.44. The summed E-state index contributed by atoms with van der Waals surface area (Å²) in [6, 6.07) is -0.210. The molecule has 2 atom stereocenters. The molecule has 1 unspecified atom stereocenters. The fraction of sp³-hybridized carbons (Fsp3) is 0.867. The lowest BCUT2D eigenvalue weighted by molar-refractivity contribution is -0.135. The van der Waals surface area contributed by atoms with Crippen molar-refractivity contribution in [3.63, 3.8) is 0 Å². The van der Waals surface area contributed by atoms with Crippen LogP contribution in [0.5, 0.6) is 0 Å². The maximum absolute atomic E-state index is 12.3. The van der Waals surface area contributed by atoms with Gasteiger partial charge >= 0.3 is 0 Å². The molecular formula is C15H28N4O2. The van der Waals surface area contributed by atoms with Crippen molar-refractivity contribution in [1.29, 1.82) is 0 Å². The number of nitrogens with zero attached hydrogens (tertiary/aromatic N) is 2. The molecule has 0 aromatic carbocycles. The average molecular weight is 296 g/mol. The monoisotopic (exact) mass is 296 g/mol. The van der Waals surface area contributed by atoms with Crippen LogP contribution in [0.1, 0.15) is 39.5 Å². The van der Waals surface area contributed by atoms with Crippen LogP contribution in [-0.4, -0.2) is 65.9 Å². The molecule has 1 saturated heterocycles. The molecule has 0 radical (unpaired) electrons. The summed E-state index contributed by atoms with van der Waals surface area (Å²) in [4.78, 5) is 28.1. The standard InChI is InChI=1S/C15H28N4O2/c1-11(16)15(21)19-9-7-18(8-10-19)12(2)14(20)17-13-5-3-4-6-13/h11-13H,3-10,16H2,1-2H3,(H,17,20)/t11-,12?/m1/s1. The van der Waals surface area contributed by atoms with Gasteiger partial charge in [0.25, 0.3) is 0 Å². The third-order valence-corrected chi connectivity index (χ3v) is 4.64. The van der Waals surface area contributed by atoms with Gasteiger partial charge < -0.3 is 16.0 Å². The minimum atomic E-state index is -0.445. The lowest BCUT2D eigenvalue weighted by atomic mass is 10.1. The zero-order chi connectivity index (χ0) is 15.4. The molecule has 2 aliphatic rings. The second-order valence-corrected chi connectivity index (χ2v) is 6.32. The van der Waals surface area contributed by atoms with E-state index < -0.39 is 6.04 Å². The van der Waals surface area contributed by atoms with E-state index in [4.69, 9.17) is 5.73 Å². The summed E-state index contributed by atoms with van der Waals surface area (Å²) in [5.74, 6) is 0.117. The second-order valence-electron chi connectivity index (χ2n) is 6.32. The lowest BCUT2D eigenvalue weighted by Gasteiger charge is -2.38. The van der Waals surface area contributed by atoms with Crippen LogP contribution in [0.15, 0.2) is 0 Å². The van der Waals surface area contributed by atoms with Gasteiger partial charge in [-0.25, -0.2) is 0 Å². The van der Waals surface area contributed by atoms with Crippen molar-refractivity contribution in [3.05, 3.63) is 0 Å². The van der Waals surface area contributed by atoms with E-state index in [2.05, 4.69) is 10.2 Å². The zero-order valence-electron chi connectivity index (χ0n) is 13.2. The molecule has 1 heterocycles. The number of hydrogen-bond acceptors (Lipinski definition) is 4. The maximum Gasteiger partial charge on any atom is 0.239 e. The van der Waals surface area contributed by atoms with Gasteiger partial charge in [-0.15, -0.1) is 0 Å². The SMILES string of the molecule is CC(C(=O)NC1CCCC1)N1CCN(C(=O)[C@@H](C)N)CC1. The minimum Gasteiger partial charge on any atom is -0.352 e. The molecule has 21 heavy (non-hydrogen) atoms. The number of nitrogens with one attached hydrogen (secondary N) is 1. The van der Waals surface area contributed by atoms with Crippen molar-refractivity contribution in [2.24, 2.45) is 5.73 Å². The first-order valence-electron chi connectivity index (χ1n) is 8.08. The van der Waals surface area contributed by atoms with Crippen molar-refractivity contribution in [2.75, 3.05) is 26.2 Å². The van der Waals surface area contributed by atoms with E-state index in [0.717, 1.165) is 25.9 Å². The fourth-order valence-corrected chi connectivity index (χ4v) is 3.18. The number of carbonyl (C=O) groups is 2. The summed E-state index contributed by atoms with van der Waals surface area (Å²) < 4.78 is 0. The molecule has 0 bridgehead atoms. The van der Waals surface area contributed by atoms with Crippen LogP contribution in [0.2, 0.25) is 0 Å². The predicted molar refractivity (Wildman–Crippen MR) is 81.7 cm³/mol. The second kappa shape index (κ2) is 7.22.